The van der Waals surface area contributed by atoms with Crippen molar-refractivity contribution >= 4 is 33.6 Å². The second kappa shape index (κ2) is 8.73. The van der Waals surface area contributed by atoms with Crippen molar-refractivity contribution in [2.24, 2.45) is 5.92 Å². The molecule has 1 aromatic carbocycles. The van der Waals surface area contributed by atoms with E-state index in [1.807, 2.05) is 41.3 Å². The minimum Gasteiger partial charge on any atom is -0.350 e. The number of pyridine rings is 1. The second-order valence-electron chi connectivity index (χ2n) is 6.68. The Kier molecular flexibility index (Phi) is 6.12. The molecule has 0 aliphatic carbocycles. The van der Waals surface area contributed by atoms with E-state index in [0.717, 1.165) is 39.3 Å². The fourth-order valence-electron chi connectivity index (χ4n) is 3.50. The predicted molar refractivity (Wildman–Crippen MR) is 107 cm³/mol. The van der Waals surface area contributed by atoms with Gasteiger partial charge in [0.15, 0.2) is 6.29 Å². The van der Waals surface area contributed by atoms with Gasteiger partial charge in [-0.25, -0.2) is 4.98 Å². The van der Waals surface area contributed by atoms with Crippen LogP contribution < -0.4 is 0 Å². The number of amides is 1. The van der Waals surface area contributed by atoms with Gasteiger partial charge in [0.2, 0.25) is 0 Å². The summed E-state index contributed by atoms with van der Waals surface area (Å²) in [7, 11) is 0. The first kappa shape index (κ1) is 18.9. The van der Waals surface area contributed by atoms with Gasteiger partial charge in [-0.1, -0.05) is 23.9 Å². The zero-order valence-corrected chi connectivity index (χ0v) is 17.2. The molecule has 4 rings (SSSR count). The van der Waals surface area contributed by atoms with Crippen LogP contribution in [0.3, 0.4) is 0 Å². The first-order chi connectivity index (χ1) is 13.2. The van der Waals surface area contributed by atoms with Crippen molar-refractivity contribution in [1.29, 1.82) is 0 Å². The van der Waals surface area contributed by atoms with Crippen LogP contribution in [-0.4, -0.2) is 48.4 Å². The van der Waals surface area contributed by atoms with Crippen molar-refractivity contribution in [1.82, 2.24) is 9.88 Å². The summed E-state index contributed by atoms with van der Waals surface area (Å²) in [6.45, 7) is 2.75. The van der Waals surface area contributed by atoms with Crippen molar-refractivity contribution in [2.45, 2.75) is 29.1 Å². The van der Waals surface area contributed by atoms with Gasteiger partial charge >= 0.3 is 0 Å². The minimum absolute atomic E-state index is 0.0675. The van der Waals surface area contributed by atoms with Crippen LogP contribution >= 0.6 is 27.7 Å². The molecule has 2 saturated heterocycles. The minimum atomic E-state index is -0.169. The van der Waals surface area contributed by atoms with E-state index in [9.17, 15) is 4.79 Å². The molecule has 0 radical (unpaired) electrons. The lowest BCUT2D eigenvalue weighted by molar-refractivity contribution is -0.0969. The molecule has 1 amide bonds. The summed E-state index contributed by atoms with van der Waals surface area (Å²) < 4.78 is 12.3. The summed E-state index contributed by atoms with van der Waals surface area (Å²) in [6, 6.07) is 11.6. The van der Waals surface area contributed by atoms with Gasteiger partial charge in [-0.3, -0.25) is 4.79 Å². The number of halogens is 1. The Hall–Kier alpha value is -1.41. The highest BCUT2D eigenvalue weighted by atomic mass is 79.9. The molecule has 142 valence electrons. The van der Waals surface area contributed by atoms with Crippen LogP contribution in [0.25, 0.3) is 0 Å². The Bertz CT molecular complexity index is 796. The number of carbonyl (C=O) groups is 1. The summed E-state index contributed by atoms with van der Waals surface area (Å²) in [6.07, 6.45) is 3.61. The lowest BCUT2D eigenvalue weighted by Gasteiger charge is -2.35. The maximum Gasteiger partial charge on any atom is 0.255 e. The molecule has 0 N–H and O–H groups in total. The van der Waals surface area contributed by atoms with Crippen LogP contribution in [0.2, 0.25) is 0 Å². The number of benzene rings is 1. The molecule has 2 aromatic rings. The third-order valence-corrected chi connectivity index (χ3v) is 6.31. The quantitative estimate of drug-likeness (QED) is 0.700. The molecule has 5 nitrogen and oxygen atoms in total. The molecule has 1 atom stereocenters. The molecule has 1 unspecified atom stereocenters. The normalized spacial score (nSPS) is 20.8. The molecule has 2 aliphatic heterocycles. The number of hydrogen-bond donors (Lipinski definition) is 0. The van der Waals surface area contributed by atoms with E-state index in [4.69, 9.17) is 9.47 Å². The Morgan fingerprint density at radius 3 is 2.78 bits per heavy atom. The summed E-state index contributed by atoms with van der Waals surface area (Å²) >= 11 is 4.91. The number of carbonyl (C=O) groups excluding carboxylic acids is 1. The number of aromatic nitrogens is 1. The predicted octanol–water partition coefficient (Wildman–Crippen LogP) is 4.22. The SMILES string of the molecule is O=C(c1ccccc1Sc1ccc(Br)cn1)N1CCCC(C2OCCO2)C1. The van der Waals surface area contributed by atoms with Crippen LogP contribution in [0, 0.1) is 5.92 Å². The standard InChI is InChI=1S/C20H21BrN2O3S/c21-15-7-8-18(22-12-15)27-17-6-2-1-5-16(17)19(24)23-9-3-4-14(13-23)20-25-10-11-26-20/h1-2,5-8,12,14,20H,3-4,9-11,13H2. The largest absolute Gasteiger partial charge is 0.350 e. The molecule has 2 fully saturated rings. The molecule has 1 aromatic heterocycles. The summed E-state index contributed by atoms with van der Waals surface area (Å²) in [5.41, 5.74) is 0.723. The van der Waals surface area contributed by atoms with E-state index in [0.29, 0.717) is 19.8 Å². The molecule has 3 heterocycles. The van der Waals surface area contributed by atoms with Gasteiger partial charge in [-0.2, -0.15) is 0 Å². The zero-order valence-electron chi connectivity index (χ0n) is 14.8. The van der Waals surface area contributed by atoms with E-state index in [2.05, 4.69) is 20.9 Å². The lowest BCUT2D eigenvalue weighted by atomic mass is 9.96. The smallest absolute Gasteiger partial charge is 0.255 e. The summed E-state index contributed by atoms with van der Waals surface area (Å²) in [4.78, 5) is 20.5. The average Bonchev–Trinajstić information content (AvgIpc) is 3.25. The molecule has 7 heteroatoms. The molecular weight excluding hydrogens is 428 g/mol. The van der Waals surface area contributed by atoms with Crippen molar-refractivity contribution in [3.05, 3.63) is 52.6 Å². The lowest BCUT2D eigenvalue weighted by Crippen LogP contribution is -2.44. The van der Waals surface area contributed by atoms with Gasteiger partial charge in [0.05, 0.1) is 18.8 Å². The maximum absolute atomic E-state index is 13.2. The van der Waals surface area contributed by atoms with Crippen LogP contribution in [0.15, 0.2) is 57.0 Å². The highest BCUT2D eigenvalue weighted by Crippen LogP contribution is 2.32. The van der Waals surface area contributed by atoms with Gasteiger partial charge in [-0.15, -0.1) is 0 Å². The fourth-order valence-corrected chi connectivity index (χ4v) is 4.62. The van der Waals surface area contributed by atoms with Crippen molar-refractivity contribution < 1.29 is 14.3 Å². The van der Waals surface area contributed by atoms with Crippen LogP contribution in [-0.2, 0) is 9.47 Å². The molecule has 2 aliphatic rings. The summed E-state index contributed by atoms with van der Waals surface area (Å²) in [5.74, 6) is 0.316. The number of nitrogens with zero attached hydrogens (tertiary/aromatic N) is 2. The average molecular weight is 449 g/mol. The highest BCUT2D eigenvalue weighted by molar-refractivity contribution is 9.10. The number of piperidine rings is 1. The maximum atomic E-state index is 13.2. The molecule has 0 spiro atoms. The first-order valence-corrected chi connectivity index (χ1v) is 10.7. The van der Waals surface area contributed by atoms with E-state index in [1.54, 1.807) is 6.20 Å². The van der Waals surface area contributed by atoms with Crippen molar-refractivity contribution in [3.63, 3.8) is 0 Å². The van der Waals surface area contributed by atoms with E-state index in [-0.39, 0.29) is 18.1 Å². The van der Waals surface area contributed by atoms with Gasteiger partial charge in [0, 0.05) is 34.6 Å². The first-order valence-electron chi connectivity index (χ1n) is 9.11. The molecule has 0 saturated carbocycles. The Balaban J connectivity index is 1.50. The zero-order chi connectivity index (χ0) is 18.6. The molecular formula is C20H21BrN2O3S. The number of ether oxygens (including phenoxy) is 2. The highest BCUT2D eigenvalue weighted by Gasteiger charge is 2.33. The number of hydrogen-bond acceptors (Lipinski definition) is 5. The van der Waals surface area contributed by atoms with Gasteiger partial charge in [-0.05, 0) is 53.0 Å². The second-order valence-corrected chi connectivity index (χ2v) is 8.65. The third kappa shape index (κ3) is 4.54. The topological polar surface area (TPSA) is 51.7 Å². The van der Waals surface area contributed by atoms with E-state index in [1.165, 1.54) is 11.8 Å². The Morgan fingerprint density at radius 1 is 1.19 bits per heavy atom. The monoisotopic (exact) mass is 448 g/mol. The third-order valence-electron chi connectivity index (χ3n) is 4.81. The number of rotatable bonds is 4. The fraction of sp³-hybridized carbons (Fsp3) is 0.400. The van der Waals surface area contributed by atoms with E-state index >= 15 is 0 Å². The van der Waals surface area contributed by atoms with Crippen LogP contribution in [0.4, 0.5) is 0 Å². The number of likely N-dealkylation sites (tertiary alicyclic amines) is 1. The van der Waals surface area contributed by atoms with Gasteiger partial charge in [0.1, 0.15) is 5.03 Å². The van der Waals surface area contributed by atoms with Crippen molar-refractivity contribution in [3.8, 4) is 0 Å². The Labute approximate surface area is 171 Å². The van der Waals surface area contributed by atoms with Crippen LogP contribution in [0.1, 0.15) is 23.2 Å². The van der Waals surface area contributed by atoms with Gasteiger partial charge in [0.25, 0.3) is 5.91 Å². The molecule has 27 heavy (non-hydrogen) atoms. The van der Waals surface area contributed by atoms with E-state index < -0.39 is 0 Å². The van der Waals surface area contributed by atoms with Crippen LogP contribution in [0.5, 0.6) is 0 Å². The Morgan fingerprint density at radius 2 is 2.00 bits per heavy atom. The molecule has 0 bridgehead atoms. The summed E-state index contributed by atoms with van der Waals surface area (Å²) in [5, 5.41) is 0.864. The van der Waals surface area contributed by atoms with Gasteiger partial charge < -0.3 is 14.4 Å². The van der Waals surface area contributed by atoms with Crippen molar-refractivity contribution in [2.75, 3.05) is 26.3 Å².